The van der Waals surface area contributed by atoms with Crippen molar-refractivity contribution in [3.63, 3.8) is 0 Å². The van der Waals surface area contributed by atoms with E-state index in [-0.39, 0.29) is 11.9 Å². The smallest absolute Gasteiger partial charge is 0.243 e. The Morgan fingerprint density at radius 3 is 2.64 bits per heavy atom. The van der Waals surface area contributed by atoms with Crippen LogP contribution in [0.1, 0.15) is 41.9 Å². The van der Waals surface area contributed by atoms with Gasteiger partial charge in [0.05, 0.1) is 24.2 Å². The number of aromatic nitrogens is 2. The summed E-state index contributed by atoms with van der Waals surface area (Å²) in [6.45, 7) is 11.1. The van der Waals surface area contributed by atoms with Crippen molar-refractivity contribution >= 4 is 28.5 Å². The number of rotatable bonds is 8. The van der Waals surface area contributed by atoms with Crippen molar-refractivity contribution in [2.24, 2.45) is 0 Å². The molecule has 1 saturated heterocycles. The van der Waals surface area contributed by atoms with Gasteiger partial charge in [-0.3, -0.25) is 9.69 Å². The average Bonchev–Trinajstić information content (AvgIpc) is 3.13. The highest BCUT2D eigenvalue weighted by Gasteiger charge is 2.25. The Kier molecular flexibility index (Phi) is 7.68. The van der Waals surface area contributed by atoms with Crippen molar-refractivity contribution in [2.75, 3.05) is 39.4 Å². The van der Waals surface area contributed by atoms with E-state index in [1.54, 1.807) is 0 Å². The van der Waals surface area contributed by atoms with Crippen molar-refractivity contribution in [1.29, 1.82) is 0 Å². The van der Waals surface area contributed by atoms with E-state index in [2.05, 4.69) is 47.7 Å². The lowest BCUT2D eigenvalue weighted by Gasteiger charge is -2.27. The summed E-state index contributed by atoms with van der Waals surface area (Å²) in [5.41, 5.74) is 5.30. The molecule has 0 aliphatic carbocycles. The molecule has 4 rings (SSSR count). The molecule has 0 radical (unpaired) electrons. The Morgan fingerprint density at radius 2 is 1.91 bits per heavy atom. The van der Waals surface area contributed by atoms with Gasteiger partial charge in [0.1, 0.15) is 11.9 Å². The molecular weight excluding hydrogens is 436 g/mol. The van der Waals surface area contributed by atoms with Gasteiger partial charge in [-0.05, 0) is 55.2 Å². The minimum Gasteiger partial charge on any atom is -0.379 e. The summed E-state index contributed by atoms with van der Waals surface area (Å²) in [6.07, 6.45) is 1.25. The number of ether oxygens (including phenoxy) is 1. The number of carbonyl (C=O) groups is 1. The number of nitrogens with one attached hydrogen (secondary N) is 1. The number of nitrogens with zero attached hydrogens (tertiary/aromatic N) is 3. The molecule has 0 saturated carbocycles. The van der Waals surface area contributed by atoms with Crippen LogP contribution in [0, 0.1) is 13.8 Å². The normalized spacial score (nSPS) is 15.6. The van der Waals surface area contributed by atoms with Crippen LogP contribution >= 0.6 is 11.6 Å². The molecule has 1 aliphatic heterocycles. The van der Waals surface area contributed by atoms with Gasteiger partial charge in [0.25, 0.3) is 0 Å². The molecule has 7 heteroatoms. The minimum atomic E-state index is -0.334. The van der Waals surface area contributed by atoms with Gasteiger partial charge in [-0.25, -0.2) is 4.98 Å². The van der Waals surface area contributed by atoms with E-state index in [4.69, 9.17) is 21.3 Å². The summed E-state index contributed by atoms with van der Waals surface area (Å²) in [5, 5.41) is 3.88. The zero-order chi connectivity index (χ0) is 23.4. The van der Waals surface area contributed by atoms with Crippen molar-refractivity contribution in [3.05, 3.63) is 63.9 Å². The lowest BCUT2D eigenvalue weighted by Crippen LogP contribution is -2.42. The monoisotopic (exact) mass is 468 g/mol. The molecule has 1 aliphatic rings. The van der Waals surface area contributed by atoms with Crippen LogP contribution in [0.15, 0.2) is 36.4 Å². The maximum atomic E-state index is 13.4. The first-order valence-electron chi connectivity index (χ1n) is 11.8. The molecule has 1 unspecified atom stereocenters. The van der Waals surface area contributed by atoms with Crippen LogP contribution in [0.3, 0.4) is 0 Å². The summed E-state index contributed by atoms with van der Waals surface area (Å²) in [5.74, 6) is 0.891. The highest BCUT2D eigenvalue weighted by Crippen LogP contribution is 2.29. The molecular formula is C26H33ClN4O2. The molecule has 1 amide bonds. The van der Waals surface area contributed by atoms with E-state index in [1.165, 1.54) is 11.1 Å². The Bertz CT molecular complexity index is 1120. The second kappa shape index (κ2) is 10.7. The number of hydrogen-bond donors (Lipinski definition) is 1. The average molecular weight is 469 g/mol. The predicted molar refractivity (Wildman–Crippen MR) is 133 cm³/mol. The van der Waals surface area contributed by atoms with Crippen LogP contribution in [-0.4, -0.2) is 59.8 Å². The number of carbonyl (C=O) groups excluding carboxylic acids is 1. The molecule has 1 N–H and O–H groups in total. The van der Waals surface area contributed by atoms with Crippen LogP contribution < -0.4 is 5.32 Å². The molecule has 1 aromatic heterocycles. The van der Waals surface area contributed by atoms with Gasteiger partial charge in [0.2, 0.25) is 5.91 Å². The number of fused-ring (bicyclic) bond motifs is 1. The second-order valence-electron chi connectivity index (χ2n) is 8.76. The fraction of sp³-hybridized carbons (Fsp3) is 0.462. The summed E-state index contributed by atoms with van der Waals surface area (Å²) >= 11 is 6.46. The molecule has 2 heterocycles. The minimum absolute atomic E-state index is 0.0312. The number of aryl methyl sites for hydroxylation is 2. The van der Waals surface area contributed by atoms with Crippen LogP contribution in [0.4, 0.5) is 0 Å². The van der Waals surface area contributed by atoms with Crippen molar-refractivity contribution in [1.82, 2.24) is 19.8 Å². The highest BCUT2D eigenvalue weighted by atomic mass is 35.5. The van der Waals surface area contributed by atoms with E-state index in [0.29, 0.717) is 24.4 Å². The molecule has 6 nitrogen and oxygen atoms in total. The van der Waals surface area contributed by atoms with Crippen molar-refractivity contribution in [2.45, 2.75) is 39.7 Å². The first-order valence-corrected chi connectivity index (χ1v) is 12.1. The third-order valence-electron chi connectivity index (χ3n) is 6.52. The van der Waals surface area contributed by atoms with Gasteiger partial charge in [-0.2, -0.15) is 0 Å². The predicted octanol–water partition coefficient (Wildman–Crippen LogP) is 4.30. The fourth-order valence-electron chi connectivity index (χ4n) is 4.45. The quantitative estimate of drug-likeness (QED) is 0.535. The summed E-state index contributed by atoms with van der Waals surface area (Å²) in [7, 11) is 0. The van der Waals surface area contributed by atoms with E-state index in [0.717, 1.165) is 55.3 Å². The van der Waals surface area contributed by atoms with Crippen LogP contribution in [-0.2, 0) is 16.0 Å². The number of imidazole rings is 1. The Labute approximate surface area is 200 Å². The highest BCUT2D eigenvalue weighted by molar-refractivity contribution is 6.31. The summed E-state index contributed by atoms with van der Waals surface area (Å²) in [4.78, 5) is 20.6. The topological polar surface area (TPSA) is 59.4 Å². The summed E-state index contributed by atoms with van der Waals surface area (Å²) in [6, 6.07) is 11.8. The molecule has 3 aromatic rings. The SMILES string of the molecule is CCC(C(=O)NCCN1CCOCC1)n1c(Cc2ccccc2Cl)nc2cc(C)c(C)cc21. The maximum Gasteiger partial charge on any atom is 0.243 e. The number of benzene rings is 2. The van der Waals surface area contributed by atoms with Gasteiger partial charge < -0.3 is 14.6 Å². The zero-order valence-corrected chi connectivity index (χ0v) is 20.5. The van der Waals surface area contributed by atoms with Gasteiger partial charge in [0.15, 0.2) is 0 Å². The number of morpholine rings is 1. The number of hydrogen-bond acceptors (Lipinski definition) is 4. The molecule has 2 aromatic carbocycles. The lowest BCUT2D eigenvalue weighted by atomic mass is 10.1. The maximum absolute atomic E-state index is 13.4. The summed E-state index contributed by atoms with van der Waals surface area (Å²) < 4.78 is 7.53. The Balaban J connectivity index is 1.63. The molecule has 176 valence electrons. The van der Waals surface area contributed by atoms with Crippen LogP contribution in [0.2, 0.25) is 5.02 Å². The Hall–Kier alpha value is -2.41. The standard InChI is InChI=1S/C26H33ClN4O2/c1-4-23(26(32)28-9-10-30-11-13-33-14-12-30)31-24-16-19(3)18(2)15-22(24)29-25(31)17-20-7-5-6-8-21(20)27/h5-8,15-16,23H,4,9-14,17H2,1-3H3,(H,28,32). The second-order valence-corrected chi connectivity index (χ2v) is 9.17. The van der Waals surface area contributed by atoms with Crippen LogP contribution in [0.5, 0.6) is 0 Å². The largest absolute Gasteiger partial charge is 0.379 e. The zero-order valence-electron chi connectivity index (χ0n) is 19.7. The van der Waals surface area contributed by atoms with E-state index >= 15 is 0 Å². The fourth-order valence-corrected chi connectivity index (χ4v) is 4.65. The third-order valence-corrected chi connectivity index (χ3v) is 6.89. The number of halogens is 1. The molecule has 0 spiro atoms. The van der Waals surface area contributed by atoms with Gasteiger partial charge in [0, 0.05) is 37.6 Å². The van der Waals surface area contributed by atoms with E-state index in [9.17, 15) is 4.79 Å². The molecule has 33 heavy (non-hydrogen) atoms. The van der Waals surface area contributed by atoms with Gasteiger partial charge in [-0.1, -0.05) is 36.7 Å². The van der Waals surface area contributed by atoms with E-state index < -0.39 is 0 Å². The first kappa shape index (κ1) is 23.7. The first-order chi connectivity index (χ1) is 16.0. The van der Waals surface area contributed by atoms with E-state index in [1.807, 2.05) is 24.3 Å². The molecule has 1 fully saturated rings. The van der Waals surface area contributed by atoms with Gasteiger partial charge >= 0.3 is 0 Å². The van der Waals surface area contributed by atoms with Crippen molar-refractivity contribution in [3.8, 4) is 0 Å². The number of amides is 1. The third kappa shape index (κ3) is 5.40. The van der Waals surface area contributed by atoms with Gasteiger partial charge in [-0.15, -0.1) is 0 Å². The molecule has 0 bridgehead atoms. The molecule has 1 atom stereocenters. The lowest BCUT2D eigenvalue weighted by molar-refractivity contribution is -0.124. The Morgan fingerprint density at radius 1 is 1.18 bits per heavy atom. The van der Waals surface area contributed by atoms with Crippen molar-refractivity contribution < 1.29 is 9.53 Å². The van der Waals surface area contributed by atoms with Crippen LogP contribution in [0.25, 0.3) is 11.0 Å².